The summed E-state index contributed by atoms with van der Waals surface area (Å²) in [5.41, 5.74) is 0.961. The van der Waals surface area contributed by atoms with E-state index in [1.54, 1.807) is 12.3 Å². The van der Waals surface area contributed by atoms with Gasteiger partial charge in [-0.1, -0.05) is 11.6 Å². The molecule has 0 atom stereocenters. The minimum atomic E-state index is 0.737. The Morgan fingerprint density at radius 2 is 2.36 bits per heavy atom. The summed E-state index contributed by atoms with van der Waals surface area (Å²) in [6, 6.07) is 1.78. The van der Waals surface area contributed by atoms with E-state index in [4.69, 9.17) is 11.6 Å². The molecule has 0 radical (unpaired) electrons. The van der Waals surface area contributed by atoms with Crippen LogP contribution in [0.3, 0.4) is 0 Å². The summed E-state index contributed by atoms with van der Waals surface area (Å²) in [5, 5.41) is 1.72. The second kappa shape index (κ2) is 2.43. The lowest BCUT2D eigenvalue weighted by Gasteiger charge is -1.90. The van der Waals surface area contributed by atoms with Crippen LogP contribution < -0.4 is 0 Å². The van der Waals surface area contributed by atoms with E-state index in [1.165, 1.54) is 11.5 Å². The average molecular weight is 185 g/mol. The summed E-state index contributed by atoms with van der Waals surface area (Å²) in [6.45, 7) is 1.94. The summed E-state index contributed by atoms with van der Waals surface area (Å²) in [5.74, 6) is 0. The third-order valence-electron chi connectivity index (χ3n) is 1.50. The van der Waals surface area contributed by atoms with Crippen molar-refractivity contribution in [1.29, 1.82) is 0 Å². The fourth-order valence-corrected chi connectivity index (χ4v) is 2.08. The number of nitrogens with zero attached hydrogens (tertiary/aromatic N) is 2. The molecule has 2 aromatic heterocycles. The van der Waals surface area contributed by atoms with Crippen molar-refractivity contribution in [3.63, 3.8) is 0 Å². The highest BCUT2D eigenvalue weighted by atomic mass is 35.5. The van der Waals surface area contributed by atoms with Crippen molar-refractivity contribution in [2.24, 2.45) is 0 Å². The number of pyridine rings is 1. The first kappa shape index (κ1) is 7.00. The highest BCUT2D eigenvalue weighted by molar-refractivity contribution is 7.13. The number of fused-ring (bicyclic) bond motifs is 1. The Kier molecular flexibility index (Phi) is 1.55. The number of aryl methyl sites for hydroxylation is 1. The van der Waals surface area contributed by atoms with E-state index in [9.17, 15) is 0 Å². The molecule has 0 saturated carbocycles. The molecule has 0 spiro atoms. The number of hydrogen-bond acceptors (Lipinski definition) is 3. The fraction of sp³-hybridized carbons (Fsp3) is 0.143. The van der Waals surface area contributed by atoms with Crippen LogP contribution in [0, 0.1) is 6.92 Å². The summed E-state index contributed by atoms with van der Waals surface area (Å²) >= 11 is 7.31. The van der Waals surface area contributed by atoms with Crippen molar-refractivity contribution in [2.45, 2.75) is 6.92 Å². The monoisotopic (exact) mass is 184 g/mol. The molecule has 2 heterocycles. The fourth-order valence-electron chi connectivity index (χ4n) is 0.975. The van der Waals surface area contributed by atoms with Gasteiger partial charge in [-0.05, 0) is 24.5 Å². The molecule has 0 fully saturated rings. The SMILES string of the molecule is Cc1nsc2nccc(Cl)c12. The molecule has 56 valence electrons. The van der Waals surface area contributed by atoms with E-state index in [-0.39, 0.29) is 0 Å². The zero-order chi connectivity index (χ0) is 7.84. The Morgan fingerprint density at radius 1 is 1.55 bits per heavy atom. The van der Waals surface area contributed by atoms with Crippen molar-refractivity contribution in [3.8, 4) is 0 Å². The van der Waals surface area contributed by atoms with Gasteiger partial charge in [0.1, 0.15) is 4.83 Å². The van der Waals surface area contributed by atoms with Crippen LogP contribution in [-0.2, 0) is 0 Å². The smallest absolute Gasteiger partial charge is 0.145 e. The molecule has 4 heteroatoms. The highest BCUT2D eigenvalue weighted by Gasteiger charge is 2.05. The third-order valence-corrected chi connectivity index (χ3v) is 2.66. The van der Waals surface area contributed by atoms with Gasteiger partial charge in [0, 0.05) is 6.20 Å². The molecular formula is C7H5ClN2S. The number of aromatic nitrogens is 2. The van der Waals surface area contributed by atoms with E-state index < -0.39 is 0 Å². The minimum Gasteiger partial charge on any atom is -0.244 e. The predicted octanol–water partition coefficient (Wildman–Crippen LogP) is 2.65. The first-order valence-corrected chi connectivity index (χ1v) is 4.30. The molecule has 0 aliphatic carbocycles. The van der Waals surface area contributed by atoms with Gasteiger partial charge >= 0.3 is 0 Å². The van der Waals surface area contributed by atoms with Crippen LogP contribution in [0.25, 0.3) is 10.2 Å². The van der Waals surface area contributed by atoms with Crippen LogP contribution in [0.5, 0.6) is 0 Å². The lowest BCUT2D eigenvalue weighted by atomic mass is 10.3. The van der Waals surface area contributed by atoms with Crippen LogP contribution in [0.2, 0.25) is 5.02 Å². The van der Waals surface area contributed by atoms with E-state index in [1.807, 2.05) is 6.92 Å². The van der Waals surface area contributed by atoms with Crippen LogP contribution in [0.1, 0.15) is 5.69 Å². The van der Waals surface area contributed by atoms with Crippen molar-refractivity contribution in [1.82, 2.24) is 9.36 Å². The number of hydrogen-bond donors (Lipinski definition) is 0. The van der Waals surface area contributed by atoms with E-state index in [0.717, 1.165) is 20.9 Å². The first-order valence-electron chi connectivity index (χ1n) is 3.15. The van der Waals surface area contributed by atoms with Crippen LogP contribution in [0.4, 0.5) is 0 Å². The summed E-state index contributed by atoms with van der Waals surface area (Å²) in [4.78, 5) is 5.05. The van der Waals surface area contributed by atoms with Crippen molar-refractivity contribution in [2.75, 3.05) is 0 Å². The Hall–Kier alpha value is -0.670. The largest absolute Gasteiger partial charge is 0.244 e. The maximum Gasteiger partial charge on any atom is 0.145 e. The molecule has 2 aromatic rings. The van der Waals surface area contributed by atoms with Gasteiger partial charge in [0.15, 0.2) is 0 Å². The Balaban J connectivity index is 2.96. The summed E-state index contributed by atoms with van der Waals surface area (Å²) in [6.07, 6.45) is 1.70. The summed E-state index contributed by atoms with van der Waals surface area (Å²) < 4.78 is 4.15. The van der Waals surface area contributed by atoms with Gasteiger partial charge in [-0.3, -0.25) is 0 Å². The molecule has 2 nitrogen and oxygen atoms in total. The molecule has 0 bridgehead atoms. The highest BCUT2D eigenvalue weighted by Crippen LogP contribution is 2.26. The van der Waals surface area contributed by atoms with Crippen molar-refractivity contribution < 1.29 is 0 Å². The molecule has 2 rings (SSSR count). The Bertz CT molecular complexity index is 396. The molecule has 0 unspecified atom stereocenters. The molecule has 0 amide bonds. The quantitative estimate of drug-likeness (QED) is 0.629. The second-order valence-electron chi connectivity index (χ2n) is 2.24. The van der Waals surface area contributed by atoms with Crippen molar-refractivity contribution >= 4 is 33.4 Å². The molecule has 11 heavy (non-hydrogen) atoms. The Morgan fingerprint density at radius 3 is 3.09 bits per heavy atom. The van der Waals surface area contributed by atoms with Gasteiger partial charge < -0.3 is 0 Å². The molecule has 0 N–H and O–H groups in total. The van der Waals surface area contributed by atoms with Gasteiger partial charge in [-0.25, -0.2) is 4.98 Å². The topological polar surface area (TPSA) is 25.8 Å². The number of halogens is 1. The van der Waals surface area contributed by atoms with Gasteiger partial charge in [0.2, 0.25) is 0 Å². The van der Waals surface area contributed by atoms with E-state index >= 15 is 0 Å². The maximum absolute atomic E-state index is 5.93. The first-order chi connectivity index (χ1) is 5.29. The van der Waals surface area contributed by atoms with Crippen molar-refractivity contribution in [3.05, 3.63) is 23.0 Å². The molecule has 0 aliphatic rings. The molecule has 0 aromatic carbocycles. The molecule has 0 saturated heterocycles. The lowest BCUT2D eigenvalue weighted by molar-refractivity contribution is 1.37. The normalized spacial score (nSPS) is 10.7. The average Bonchev–Trinajstić information content (AvgIpc) is 2.34. The number of rotatable bonds is 0. The molecular weight excluding hydrogens is 180 g/mol. The van der Waals surface area contributed by atoms with Gasteiger partial charge in [-0.2, -0.15) is 4.37 Å². The standard InChI is InChI=1S/C7H5ClN2S/c1-4-6-5(8)2-3-9-7(6)11-10-4/h2-3H,1H3. The van der Waals surface area contributed by atoms with Gasteiger partial charge in [0.05, 0.1) is 16.1 Å². The maximum atomic E-state index is 5.93. The Labute approximate surface area is 73.0 Å². The molecule has 0 aliphatic heterocycles. The van der Waals surface area contributed by atoms with E-state index in [2.05, 4.69) is 9.36 Å². The lowest BCUT2D eigenvalue weighted by Crippen LogP contribution is -1.74. The van der Waals surface area contributed by atoms with Gasteiger partial charge in [-0.15, -0.1) is 0 Å². The zero-order valence-corrected chi connectivity index (χ0v) is 7.41. The van der Waals surface area contributed by atoms with Crippen LogP contribution in [0.15, 0.2) is 12.3 Å². The predicted molar refractivity (Wildman–Crippen MR) is 47.2 cm³/mol. The van der Waals surface area contributed by atoms with Crippen LogP contribution in [-0.4, -0.2) is 9.36 Å². The van der Waals surface area contributed by atoms with Gasteiger partial charge in [0.25, 0.3) is 0 Å². The second-order valence-corrected chi connectivity index (χ2v) is 3.40. The van der Waals surface area contributed by atoms with Crippen LogP contribution >= 0.6 is 23.1 Å². The van der Waals surface area contributed by atoms with E-state index in [0.29, 0.717) is 0 Å². The minimum absolute atomic E-state index is 0.737. The third kappa shape index (κ3) is 1.01. The zero-order valence-electron chi connectivity index (χ0n) is 5.84. The summed E-state index contributed by atoms with van der Waals surface area (Å²) in [7, 11) is 0.